The van der Waals surface area contributed by atoms with Gasteiger partial charge < -0.3 is 10.4 Å². The van der Waals surface area contributed by atoms with Crippen LogP contribution >= 0.6 is 0 Å². The molecular formula is C16H13FN2O2. The zero-order valence-electron chi connectivity index (χ0n) is 11.4. The smallest absolute Gasteiger partial charge is 0.275 e. The number of nitrogens with one attached hydrogen (secondary N) is 1. The Morgan fingerprint density at radius 3 is 2.90 bits per heavy atom. The number of carbonyl (C=O) groups excluding carboxylic acids is 1. The minimum absolute atomic E-state index is 0.0844. The van der Waals surface area contributed by atoms with Crippen LogP contribution in [0.1, 0.15) is 21.6 Å². The number of amides is 1. The van der Waals surface area contributed by atoms with Crippen LogP contribution in [0.15, 0.2) is 36.5 Å². The van der Waals surface area contributed by atoms with Crippen LogP contribution < -0.4 is 5.32 Å². The molecular weight excluding hydrogens is 271 g/mol. The van der Waals surface area contributed by atoms with E-state index in [0.29, 0.717) is 11.1 Å². The van der Waals surface area contributed by atoms with Crippen molar-refractivity contribution >= 4 is 11.6 Å². The van der Waals surface area contributed by atoms with Gasteiger partial charge >= 0.3 is 0 Å². The average molecular weight is 284 g/mol. The molecule has 0 saturated carbocycles. The van der Waals surface area contributed by atoms with E-state index < -0.39 is 11.7 Å². The molecule has 0 bridgehead atoms. The predicted molar refractivity (Wildman–Crippen MR) is 77.3 cm³/mol. The van der Waals surface area contributed by atoms with Crippen LogP contribution in [0.3, 0.4) is 0 Å². The standard InChI is InChI=1S/C16H13FN2O2/c1-11-5-2-8-13(17)14(11)19-16(21)15-12(7-4-10-20)6-3-9-18-15/h2-3,5-6,8-9,20H,10H2,1H3,(H,19,21). The highest BCUT2D eigenvalue weighted by Gasteiger charge is 2.15. The minimum atomic E-state index is -0.550. The Labute approximate surface area is 121 Å². The van der Waals surface area contributed by atoms with E-state index in [-0.39, 0.29) is 18.0 Å². The molecule has 0 unspecified atom stereocenters. The van der Waals surface area contributed by atoms with Crippen LogP contribution in [0.25, 0.3) is 0 Å². The van der Waals surface area contributed by atoms with Crippen LogP contribution in [0, 0.1) is 24.6 Å². The number of anilines is 1. The van der Waals surface area contributed by atoms with Gasteiger partial charge in [0.25, 0.3) is 5.91 Å². The van der Waals surface area contributed by atoms with E-state index in [1.807, 2.05) is 0 Å². The van der Waals surface area contributed by atoms with Crippen molar-refractivity contribution < 1.29 is 14.3 Å². The zero-order chi connectivity index (χ0) is 15.2. The van der Waals surface area contributed by atoms with Gasteiger partial charge in [0.05, 0.1) is 11.3 Å². The number of aliphatic hydroxyl groups is 1. The van der Waals surface area contributed by atoms with Gasteiger partial charge in [0.15, 0.2) is 0 Å². The Morgan fingerprint density at radius 1 is 1.38 bits per heavy atom. The first-order chi connectivity index (χ1) is 10.1. The third kappa shape index (κ3) is 3.44. The van der Waals surface area contributed by atoms with E-state index in [9.17, 15) is 9.18 Å². The fourth-order valence-electron chi connectivity index (χ4n) is 1.78. The Hall–Kier alpha value is -2.71. The van der Waals surface area contributed by atoms with Crippen LogP contribution in [0.4, 0.5) is 10.1 Å². The summed E-state index contributed by atoms with van der Waals surface area (Å²) in [6.07, 6.45) is 1.45. The monoisotopic (exact) mass is 284 g/mol. The second-order valence-corrected chi connectivity index (χ2v) is 4.25. The number of para-hydroxylation sites is 1. The normalized spacial score (nSPS) is 9.67. The summed E-state index contributed by atoms with van der Waals surface area (Å²) < 4.78 is 13.7. The number of hydrogen-bond donors (Lipinski definition) is 2. The first kappa shape index (κ1) is 14.7. The van der Waals surface area contributed by atoms with Gasteiger partial charge in [-0.15, -0.1) is 0 Å². The number of nitrogens with zero attached hydrogens (tertiary/aromatic N) is 1. The largest absolute Gasteiger partial charge is 0.384 e. The summed E-state index contributed by atoms with van der Waals surface area (Å²) in [5, 5.41) is 11.2. The highest BCUT2D eigenvalue weighted by molar-refractivity contribution is 6.04. The molecule has 4 nitrogen and oxygen atoms in total. The van der Waals surface area contributed by atoms with Gasteiger partial charge in [0.1, 0.15) is 18.1 Å². The lowest BCUT2D eigenvalue weighted by molar-refractivity contribution is 0.102. The summed E-state index contributed by atoms with van der Waals surface area (Å²) in [4.78, 5) is 16.2. The summed E-state index contributed by atoms with van der Waals surface area (Å²) in [6.45, 7) is 1.38. The minimum Gasteiger partial charge on any atom is -0.384 e. The van der Waals surface area contributed by atoms with E-state index in [4.69, 9.17) is 5.11 Å². The number of aliphatic hydroxyl groups excluding tert-OH is 1. The van der Waals surface area contributed by atoms with Crippen molar-refractivity contribution in [1.29, 1.82) is 0 Å². The SMILES string of the molecule is Cc1cccc(F)c1NC(=O)c1ncccc1C#CCO. The molecule has 2 aromatic rings. The molecule has 1 heterocycles. The number of aryl methyl sites for hydroxylation is 1. The molecule has 2 rings (SSSR count). The van der Waals surface area contributed by atoms with Gasteiger partial charge in [0, 0.05) is 6.20 Å². The van der Waals surface area contributed by atoms with Crippen molar-refractivity contribution in [3.05, 3.63) is 59.2 Å². The number of aromatic nitrogens is 1. The summed E-state index contributed by atoms with van der Waals surface area (Å²) in [5.74, 6) is 4.04. The molecule has 0 saturated heterocycles. The predicted octanol–water partition coefficient (Wildman–Crippen LogP) is 2.13. The maximum absolute atomic E-state index is 13.7. The lowest BCUT2D eigenvalue weighted by Crippen LogP contribution is -2.17. The van der Waals surface area contributed by atoms with E-state index in [1.165, 1.54) is 12.3 Å². The topological polar surface area (TPSA) is 62.2 Å². The molecule has 106 valence electrons. The molecule has 0 atom stereocenters. The van der Waals surface area contributed by atoms with Crippen LogP contribution in [-0.4, -0.2) is 22.6 Å². The molecule has 0 aliphatic heterocycles. The van der Waals surface area contributed by atoms with E-state index in [0.717, 1.165) is 0 Å². The molecule has 1 aromatic heterocycles. The van der Waals surface area contributed by atoms with Gasteiger partial charge in [-0.3, -0.25) is 4.79 Å². The van der Waals surface area contributed by atoms with Crippen LogP contribution in [0.5, 0.6) is 0 Å². The Balaban J connectivity index is 2.33. The highest BCUT2D eigenvalue weighted by atomic mass is 19.1. The molecule has 1 amide bonds. The number of rotatable bonds is 2. The molecule has 0 aliphatic rings. The summed E-state index contributed by atoms with van der Waals surface area (Å²) in [7, 11) is 0. The third-order valence-electron chi connectivity index (χ3n) is 2.79. The molecule has 5 heteroatoms. The van der Waals surface area contributed by atoms with Crippen LogP contribution in [0.2, 0.25) is 0 Å². The zero-order valence-corrected chi connectivity index (χ0v) is 11.4. The molecule has 1 aromatic carbocycles. The summed E-state index contributed by atoms with van der Waals surface area (Å²) in [6, 6.07) is 7.78. The lowest BCUT2D eigenvalue weighted by atomic mass is 10.1. The number of carbonyl (C=O) groups is 1. The number of halogens is 1. The fraction of sp³-hybridized carbons (Fsp3) is 0.125. The van der Waals surface area contributed by atoms with E-state index in [2.05, 4.69) is 22.1 Å². The number of benzene rings is 1. The second-order valence-electron chi connectivity index (χ2n) is 4.25. The van der Waals surface area contributed by atoms with Gasteiger partial charge in [0.2, 0.25) is 0 Å². The Kier molecular flexibility index (Phi) is 4.64. The second kappa shape index (κ2) is 6.64. The molecule has 0 radical (unpaired) electrons. The van der Waals surface area contributed by atoms with Crippen molar-refractivity contribution in [2.45, 2.75) is 6.92 Å². The van der Waals surface area contributed by atoms with Gasteiger partial charge in [-0.1, -0.05) is 24.0 Å². The molecule has 0 spiro atoms. The van der Waals surface area contributed by atoms with Gasteiger partial charge in [-0.05, 0) is 30.7 Å². The Bertz CT molecular complexity index is 712. The van der Waals surface area contributed by atoms with Crippen molar-refractivity contribution in [3.8, 4) is 11.8 Å². The van der Waals surface area contributed by atoms with Gasteiger partial charge in [-0.2, -0.15) is 0 Å². The van der Waals surface area contributed by atoms with Gasteiger partial charge in [-0.25, -0.2) is 9.37 Å². The van der Waals surface area contributed by atoms with E-state index >= 15 is 0 Å². The fourth-order valence-corrected chi connectivity index (χ4v) is 1.78. The first-order valence-electron chi connectivity index (χ1n) is 6.24. The van der Waals surface area contributed by atoms with Crippen molar-refractivity contribution in [2.24, 2.45) is 0 Å². The van der Waals surface area contributed by atoms with Crippen LogP contribution in [-0.2, 0) is 0 Å². The number of pyridine rings is 1. The number of hydrogen-bond acceptors (Lipinski definition) is 3. The maximum Gasteiger partial charge on any atom is 0.275 e. The van der Waals surface area contributed by atoms with Crippen molar-refractivity contribution in [3.63, 3.8) is 0 Å². The Morgan fingerprint density at radius 2 is 2.19 bits per heavy atom. The molecule has 21 heavy (non-hydrogen) atoms. The lowest BCUT2D eigenvalue weighted by Gasteiger charge is -2.09. The molecule has 2 N–H and O–H groups in total. The maximum atomic E-state index is 13.7. The third-order valence-corrected chi connectivity index (χ3v) is 2.79. The molecule has 0 aliphatic carbocycles. The molecule has 0 fully saturated rings. The first-order valence-corrected chi connectivity index (χ1v) is 6.24. The summed E-state index contributed by atoms with van der Waals surface area (Å²) in [5.41, 5.74) is 1.19. The van der Waals surface area contributed by atoms with E-state index in [1.54, 1.807) is 31.2 Å². The summed E-state index contributed by atoms with van der Waals surface area (Å²) >= 11 is 0. The van der Waals surface area contributed by atoms with Crippen molar-refractivity contribution in [1.82, 2.24) is 4.98 Å². The quantitative estimate of drug-likeness (QED) is 0.830. The highest BCUT2D eigenvalue weighted by Crippen LogP contribution is 2.19. The van der Waals surface area contributed by atoms with Crippen molar-refractivity contribution in [2.75, 3.05) is 11.9 Å². The average Bonchev–Trinajstić information content (AvgIpc) is 2.49.